The Labute approximate surface area is 176 Å². The molecule has 7 nitrogen and oxygen atoms in total. The average Bonchev–Trinajstić information content (AvgIpc) is 3.43. The molecule has 0 spiro atoms. The number of hydrogen-bond acceptors (Lipinski definition) is 7. The van der Waals surface area contributed by atoms with E-state index >= 15 is 0 Å². The van der Waals surface area contributed by atoms with Gasteiger partial charge in [0.1, 0.15) is 18.0 Å². The van der Waals surface area contributed by atoms with Gasteiger partial charge in [0.05, 0.1) is 0 Å². The highest BCUT2D eigenvalue weighted by Crippen LogP contribution is 2.42. The van der Waals surface area contributed by atoms with Crippen molar-refractivity contribution < 1.29 is 14.3 Å². The van der Waals surface area contributed by atoms with Crippen molar-refractivity contribution in [2.45, 2.75) is 18.0 Å². The molecule has 2 unspecified atom stereocenters. The summed E-state index contributed by atoms with van der Waals surface area (Å²) in [5.41, 5.74) is 1.78. The van der Waals surface area contributed by atoms with E-state index in [4.69, 9.17) is 4.74 Å². The lowest BCUT2D eigenvalue weighted by Gasteiger charge is -2.28. The third kappa shape index (κ3) is 4.57. The van der Waals surface area contributed by atoms with Gasteiger partial charge in [-0.2, -0.15) is 0 Å². The molecule has 9 heteroatoms. The van der Waals surface area contributed by atoms with Gasteiger partial charge in [-0.15, -0.1) is 23.1 Å². The monoisotopic (exact) mass is 426 g/mol. The number of hydrogen-bond donors (Lipinski definition) is 1. The number of rotatable bonds is 5. The molecule has 4 rings (SSSR count). The van der Waals surface area contributed by atoms with Gasteiger partial charge in [0.2, 0.25) is 5.91 Å². The summed E-state index contributed by atoms with van der Waals surface area (Å²) in [6.07, 6.45) is 4.44. The van der Waals surface area contributed by atoms with Crippen LogP contribution in [0.3, 0.4) is 0 Å². The van der Waals surface area contributed by atoms with Gasteiger partial charge in [-0.1, -0.05) is 30.3 Å². The zero-order valence-corrected chi connectivity index (χ0v) is 16.9. The molecular formula is C20H18N4O3S2. The van der Waals surface area contributed by atoms with Gasteiger partial charge in [0, 0.05) is 29.7 Å². The second kappa shape index (κ2) is 9.06. The van der Waals surface area contributed by atoms with Crippen molar-refractivity contribution in [3.8, 4) is 0 Å². The molecule has 1 aliphatic rings. The van der Waals surface area contributed by atoms with E-state index in [1.807, 2.05) is 42.5 Å². The van der Waals surface area contributed by atoms with E-state index in [0.717, 1.165) is 11.1 Å². The van der Waals surface area contributed by atoms with Gasteiger partial charge < -0.3 is 10.1 Å². The lowest BCUT2D eigenvalue weighted by molar-refractivity contribution is -0.120. The normalized spacial score (nSPS) is 18.4. The van der Waals surface area contributed by atoms with Gasteiger partial charge >= 0.3 is 6.09 Å². The van der Waals surface area contributed by atoms with Crippen LogP contribution in [0.4, 0.5) is 9.93 Å². The van der Waals surface area contributed by atoms with Gasteiger partial charge in [0.15, 0.2) is 5.13 Å². The van der Waals surface area contributed by atoms with E-state index in [2.05, 4.69) is 15.3 Å². The maximum absolute atomic E-state index is 13.0. The quantitative estimate of drug-likeness (QED) is 0.665. The molecule has 3 heterocycles. The number of carbonyl (C=O) groups is 2. The number of ether oxygens (including phenoxy) is 1. The summed E-state index contributed by atoms with van der Waals surface area (Å²) in [5.74, 6) is 0.186. The van der Waals surface area contributed by atoms with Crippen LogP contribution < -0.4 is 5.32 Å². The maximum Gasteiger partial charge on any atom is 0.412 e. The minimum atomic E-state index is -0.662. The number of nitrogens with zero attached hydrogens (tertiary/aromatic N) is 3. The van der Waals surface area contributed by atoms with Crippen molar-refractivity contribution in [2.24, 2.45) is 0 Å². The topological polar surface area (TPSA) is 84.4 Å². The Morgan fingerprint density at radius 3 is 2.66 bits per heavy atom. The number of benzene rings is 1. The maximum atomic E-state index is 13.0. The van der Waals surface area contributed by atoms with Crippen LogP contribution in [0.5, 0.6) is 0 Å². The Hall–Kier alpha value is -2.91. The molecule has 3 aromatic rings. The number of pyridine rings is 1. The van der Waals surface area contributed by atoms with Crippen LogP contribution in [0.25, 0.3) is 0 Å². The van der Waals surface area contributed by atoms with E-state index in [-0.39, 0.29) is 17.9 Å². The van der Waals surface area contributed by atoms with Gasteiger partial charge in [-0.3, -0.25) is 14.7 Å². The molecule has 1 aromatic carbocycles. The number of anilines is 1. The van der Waals surface area contributed by atoms with Crippen molar-refractivity contribution >= 4 is 40.2 Å². The smallest absolute Gasteiger partial charge is 0.412 e. The lowest BCUT2D eigenvalue weighted by Crippen LogP contribution is -2.45. The van der Waals surface area contributed by atoms with Crippen molar-refractivity contribution in [3.05, 3.63) is 77.6 Å². The molecule has 1 saturated heterocycles. The molecule has 29 heavy (non-hydrogen) atoms. The second-order valence-electron chi connectivity index (χ2n) is 6.26. The standard InChI is InChI=1S/C20H18N4O3S2/c25-17(23-19-22-10-11-28-19)16-13-29-18(15-6-8-21-9-7-15)24(16)20(26)27-12-14-4-2-1-3-5-14/h1-11,16,18H,12-13H2,(H,22,23,25). The van der Waals surface area contributed by atoms with Crippen molar-refractivity contribution in [1.82, 2.24) is 14.9 Å². The van der Waals surface area contributed by atoms with Crippen LogP contribution in [0.15, 0.2) is 66.4 Å². The van der Waals surface area contributed by atoms with E-state index in [9.17, 15) is 9.59 Å². The molecule has 2 amide bonds. The first-order valence-electron chi connectivity index (χ1n) is 8.93. The molecule has 148 valence electrons. The first-order chi connectivity index (χ1) is 14.2. The highest BCUT2D eigenvalue weighted by atomic mass is 32.2. The predicted molar refractivity (Wildman–Crippen MR) is 112 cm³/mol. The summed E-state index contributed by atoms with van der Waals surface area (Å²) in [4.78, 5) is 35.5. The summed E-state index contributed by atoms with van der Waals surface area (Å²) < 4.78 is 5.54. The number of aromatic nitrogens is 2. The zero-order valence-electron chi connectivity index (χ0n) is 15.3. The van der Waals surface area contributed by atoms with Gasteiger partial charge in [0.25, 0.3) is 0 Å². The Morgan fingerprint density at radius 1 is 1.14 bits per heavy atom. The van der Waals surface area contributed by atoms with E-state index < -0.39 is 12.1 Å². The van der Waals surface area contributed by atoms with Crippen molar-refractivity contribution in [3.63, 3.8) is 0 Å². The third-order valence-corrected chi connectivity index (χ3v) is 6.38. The molecular weight excluding hydrogens is 408 g/mol. The van der Waals surface area contributed by atoms with Crippen LogP contribution in [0.1, 0.15) is 16.5 Å². The Kier molecular flexibility index (Phi) is 6.06. The molecule has 1 fully saturated rings. The summed E-state index contributed by atoms with van der Waals surface area (Å²) in [7, 11) is 0. The SMILES string of the molecule is O=C(Nc1nccs1)C1CSC(c2ccncc2)N1C(=O)OCc1ccccc1. The molecule has 1 N–H and O–H groups in total. The number of thioether (sulfide) groups is 1. The Bertz CT molecular complexity index is 954. The molecule has 0 bridgehead atoms. The van der Waals surface area contributed by atoms with Crippen LogP contribution >= 0.6 is 23.1 Å². The van der Waals surface area contributed by atoms with Crippen molar-refractivity contribution in [1.29, 1.82) is 0 Å². The molecule has 0 radical (unpaired) electrons. The summed E-state index contributed by atoms with van der Waals surface area (Å²) >= 11 is 2.85. The Morgan fingerprint density at radius 2 is 1.93 bits per heavy atom. The second-order valence-corrected chi connectivity index (χ2v) is 8.26. The predicted octanol–water partition coefficient (Wildman–Crippen LogP) is 3.93. The first-order valence-corrected chi connectivity index (χ1v) is 10.9. The fourth-order valence-corrected chi connectivity index (χ4v) is 4.94. The summed E-state index contributed by atoms with van der Waals surface area (Å²) in [6, 6.07) is 12.5. The van der Waals surface area contributed by atoms with Crippen LogP contribution in [0, 0.1) is 0 Å². The molecule has 0 aliphatic carbocycles. The number of amides is 2. The minimum Gasteiger partial charge on any atom is -0.444 e. The average molecular weight is 427 g/mol. The lowest BCUT2D eigenvalue weighted by atomic mass is 10.2. The van der Waals surface area contributed by atoms with E-state index in [1.165, 1.54) is 28.0 Å². The molecule has 2 atom stereocenters. The molecule has 1 aliphatic heterocycles. The number of thiazole rings is 1. The van der Waals surface area contributed by atoms with Gasteiger partial charge in [-0.25, -0.2) is 9.78 Å². The zero-order chi connectivity index (χ0) is 20.1. The highest BCUT2D eigenvalue weighted by molar-refractivity contribution is 7.99. The minimum absolute atomic E-state index is 0.144. The third-order valence-electron chi connectivity index (χ3n) is 4.37. The van der Waals surface area contributed by atoms with E-state index in [1.54, 1.807) is 24.0 Å². The summed E-state index contributed by atoms with van der Waals surface area (Å²) in [6.45, 7) is 0.144. The van der Waals surface area contributed by atoms with Crippen LogP contribution in [-0.2, 0) is 16.1 Å². The molecule has 2 aromatic heterocycles. The van der Waals surface area contributed by atoms with Gasteiger partial charge in [-0.05, 0) is 23.3 Å². The number of nitrogens with one attached hydrogen (secondary N) is 1. The largest absolute Gasteiger partial charge is 0.444 e. The fourth-order valence-electron chi connectivity index (χ4n) is 2.98. The van der Waals surface area contributed by atoms with Crippen LogP contribution in [-0.4, -0.2) is 38.7 Å². The van der Waals surface area contributed by atoms with Crippen molar-refractivity contribution in [2.75, 3.05) is 11.1 Å². The first kappa shape index (κ1) is 19.4. The highest BCUT2D eigenvalue weighted by Gasteiger charge is 2.43. The summed E-state index contributed by atoms with van der Waals surface area (Å²) in [5, 5.41) is 4.75. The fraction of sp³-hybridized carbons (Fsp3) is 0.200. The van der Waals surface area contributed by atoms with E-state index in [0.29, 0.717) is 10.9 Å². The Balaban J connectivity index is 1.53. The molecule has 0 saturated carbocycles. The van der Waals surface area contributed by atoms with Crippen LogP contribution in [0.2, 0.25) is 0 Å². The number of carbonyl (C=O) groups excluding carboxylic acids is 2.